The van der Waals surface area contributed by atoms with Crippen molar-refractivity contribution in [3.63, 3.8) is 0 Å². The molecule has 0 spiro atoms. The van der Waals surface area contributed by atoms with Gasteiger partial charge in [-0.15, -0.1) is 0 Å². The zero-order valence-electron chi connectivity index (χ0n) is 14.3. The second-order valence-electron chi connectivity index (χ2n) is 6.19. The second-order valence-corrected chi connectivity index (χ2v) is 7.18. The fraction of sp³-hybridized carbons (Fsp3) is 0.375. The molecule has 3 N–H and O–H groups in total. The molecule has 0 radical (unpaired) electrons. The molecule has 1 aliphatic rings. The van der Waals surface area contributed by atoms with Crippen LogP contribution in [0.3, 0.4) is 0 Å². The molecule has 0 saturated carbocycles. The zero-order valence-corrected chi connectivity index (χ0v) is 15.3. The maximum atomic E-state index is 11.9. The van der Waals surface area contributed by atoms with Gasteiger partial charge in [-0.1, -0.05) is 18.2 Å². The van der Waals surface area contributed by atoms with Crippen molar-refractivity contribution in [2.24, 2.45) is 0 Å². The van der Waals surface area contributed by atoms with Crippen LogP contribution in [0.15, 0.2) is 52.2 Å². The second kappa shape index (κ2) is 7.79. The summed E-state index contributed by atoms with van der Waals surface area (Å²) in [6.45, 7) is 0.944. The molecule has 0 amide bonds. The number of rotatable bonds is 6. The average molecular weight is 398 g/mol. The highest BCUT2D eigenvalue weighted by atomic mass is 31.1. The summed E-state index contributed by atoms with van der Waals surface area (Å²) in [4.78, 5) is 25.2. The molecule has 3 unspecified atom stereocenters. The van der Waals surface area contributed by atoms with E-state index < -0.39 is 43.5 Å². The number of hydrogen-bond donors (Lipinski definition) is 3. The van der Waals surface area contributed by atoms with Crippen molar-refractivity contribution in [2.45, 2.75) is 31.0 Å². The van der Waals surface area contributed by atoms with Crippen molar-refractivity contribution in [1.82, 2.24) is 9.55 Å². The fourth-order valence-electron chi connectivity index (χ4n) is 2.75. The van der Waals surface area contributed by atoms with E-state index in [2.05, 4.69) is 0 Å². The van der Waals surface area contributed by atoms with Gasteiger partial charge in [-0.05, 0) is 19.1 Å². The molecule has 1 aliphatic heterocycles. The molecule has 1 fully saturated rings. The summed E-state index contributed by atoms with van der Waals surface area (Å²) >= 11 is 0. The van der Waals surface area contributed by atoms with Crippen molar-refractivity contribution >= 4 is 8.25 Å². The lowest BCUT2D eigenvalue weighted by Gasteiger charge is -2.27. The van der Waals surface area contributed by atoms with Crippen LogP contribution in [0.25, 0.3) is 0 Å². The number of ether oxygens (including phenoxy) is 1. The molecule has 11 heteroatoms. The first-order valence-electron chi connectivity index (χ1n) is 8.06. The summed E-state index contributed by atoms with van der Waals surface area (Å²) in [5.41, 5.74) is -3.26. The Balaban J connectivity index is 1.68. The number of para-hydroxylation sites is 1. The number of nitrogens with one attached hydrogen (secondary N) is 1. The molecule has 0 aliphatic carbocycles. The number of aliphatic hydroxyl groups is 2. The van der Waals surface area contributed by atoms with E-state index in [0.717, 1.165) is 16.8 Å². The van der Waals surface area contributed by atoms with Gasteiger partial charge in [-0.25, -0.2) is 9.36 Å². The number of hydrogen-bond acceptors (Lipinski definition) is 8. The minimum atomic E-state index is -2.92. The molecule has 0 bridgehead atoms. The smallest absolute Gasteiger partial charge is 0.367 e. The van der Waals surface area contributed by atoms with E-state index >= 15 is 0 Å². The minimum Gasteiger partial charge on any atom is -0.426 e. The highest BCUT2D eigenvalue weighted by molar-refractivity contribution is 7.33. The number of aliphatic hydroxyl groups excluding tert-OH is 1. The Morgan fingerprint density at radius 3 is 2.67 bits per heavy atom. The molecule has 5 atom stereocenters. The number of aromatic amines is 1. The van der Waals surface area contributed by atoms with E-state index in [1.807, 2.05) is 4.98 Å². The predicted molar refractivity (Wildman–Crippen MR) is 93.9 cm³/mol. The lowest BCUT2D eigenvalue weighted by atomic mass is 9.96. The summed E-state index contributed by atoms with van der Waals surface area (Å²) in [6.07, 6.45) is -2.63. The Morgan fingerprint density at radius 1 is 1.30 bits per heavy atom. The molecular formula is C16H19N2O8P. The van der Waals surface area contributed by atoms with Crippen LogP contribution in [0, 0.1) is 0 Å². The SMILES string of the molecule is C[C@]1(O)C(n2ccc(=O)[nH]c2=O)OC(CO[PH](=O)Oc2ccccc2)[C@H]1O. The van der Waals surface area contributed by atoms with Crippen LogP contribution in [0.2, 0.25) is 0 Å². The van der Waals surface area contributed by atoms with Gasteiger partial charge in [0.2, 0.25) is 0 Å². The highest BCUT2D eigenvalue weighted by Gasteiger charge is 2.53. The van der Waals surface area contributed by atoms with E-state index in [0.29, 0.717) is 5.75 Å². The van der Waals surface area contributed by atoms with Crippen molar-refractivity contribution in [2.75, 3.05) is 6.61 Å². The summed E-state index contributed by atoms with van der Waals surface area (Å²) in [7, 11) is -2.92. The quantitative estimate of drug-likeness (QED) is 0.579. The van der Waals surface area contributed by atoms with Gasteiger partial charge < -0.3 is 19.5 Å². The first kappa shape index (κ1) is 19.5. The van der Waals surface area contributed by atoms with Gasteiger partial charge in [-0.2, -0.15) is 0 Å². The number of benzene rings is 1. The van der Waals surface area contributed by atoms with E-state index in [4.69, 9.17) is 13.8 Å². The Hall–Kier alpha value is -2.23. The highest BCUT2D eigenvalue weighted by Crippen LogP contribution is 2.38. The van der Waals surface area contributed by atoms with Crippen LogP contribution >= 0.6 is 8.25 Å². The van der Waals surface area contributed by atoms with Crippen LogP contribution in [0.4, 0.5) is 0 Å². The third kappa shape index (κ3) is 4.20. The van der Waals surface area contributed by atoms with E-state index in [9.17, 15) is 24.4 Å². The van der Waals surface area contributed by atoms with Crippen molar-refractivity contribution in [1.29, 1.82) is 0 Å². The number of H-pyrrole nitrogens is 1. The standard InChI is InChI=1S/C16H19N2O8P/c1-16(22)13(20)11(9-24-27(23)26-10-5-3-2-4-6-10)25-14(16)18-8-7-12(19)17-15(18)21/h2-8,11,13-14,20,22,27H,9H2,1H3,(H,17,19,21)/t11?,13-,14?,16-/m1/s1. The lowest BCUT2D eigenvalue weighted by molar-refractivity contribution is -0.0984. The topological polar surface area (TPSA) is 140 Å². The van der Waals surface area contributed by atoms with Crippen LogP contribution in [0.1, 0.15) is 13.2 Å². The molecule has 146 valence electrons. The minimum absolute atomic E-state index is 0.337. The largest absolute Gasteiger partial charge is 0.426 e. The molecular weight excluding hydrogens is 379 g/mol. The Morgan fingerprint density at radius 2 is 2.00 bits per heavy atom. The lowest BCUT2D eigenvalue weighted by Crippen LogP contribution is -2.46. The number of aromatic nitrogens is 2. The first-order valence-corrected chi connectivity index (χ1v) is 9.28. The Kier molecular flexibility index (Phi) is 5.64. The predicted octanol–water partition coefficient (Wildman–Crippen LogP) is 0.0312. The van der Waals surface area contributed by atoms with E-state index in [-0.39, 0.29) is 6.61 Å². The van der Waals surface area contributed by atoms with E-state index in [1.54, 1.807) is 30.3 Å². The molecule has 10 nitrogen and oxygen atoms in total. The van der Waals surface area contributed by atoms with Crippen LogP contribution < -0.4 is 15.8 Å². The molecule has 2 aromatic rings. The summed E-state index contributed by atoms with van der Waals surface area (Å²) in [5.74, 6) is 0.360. The van der Waals surface area contributed by atoms with Gasteiger partial charge in [0, 0.05) is 12.3 Å². The molecule has 1 aromatic carbocycles. The van der Waals surface area contributed by atoms with Crippen LogP contribution in [0.5, 0.6) is 5.75 Å². The molecule has 2 heterocycles. The van der Waals surface area contributed by atoms with Gasteiger partial charge in [0.05, 0.1) is 6.61 Å². The Bertz CT molecular complexity index is 926. The van der Waals surface area contributed by atoms with Gasteiger partial charge >= 0.3 is 13.9 Å². The first-order chi connectivity index (χ1) is 12.8. The number of nitrogens with zero attached hydrogens (tertiary/aromatic N) is 1. The maximum Gasteiger partial charge on any atom is 0.367 e. The van der Waals surface area contributed by atoms with Gasteiger partial charge in [0.1, 0.15) is 23.6 Å². The molecule has 3 rings (SSSR count). The zero-order chi connectivity index (χ0) is 19.6. The summed E-state index contributed by atoms with van der Waals surface area (Å²) in [5, 5.41) is 20.9. The molecule has 27 heavy (non-hydrogen) atoms. The van der Waals surface area contributed by atoms with Gasteiger partial charge in [-0.3, -0.25) is 18.9 Å². The summed E-state index contributed by atoms with van der Waals surface area (Å²) in [6, 6.07) is 9.49. The molecule has 1 aromatic heterocycles. The Labute approximate surface area is 153 Å². The fourth-order valence-corrected chi connectivity index (χ4v) is 3.44. The molecule has 1 saturated heterocycles. The average Bonchev–Trinajstić information content (AvgIpc) is 2.84. The van der Waals surface area contributed by atoms with Gasteiger partial charge in [0.15, 0.2) is 6.23 Å². The van der Waals surface area contributed by atoms with Crippen LogP contribution in [-0.4, -0.2) is 44.2 Å². The normalized spacial score (nSPS) is 28.8. The van der Waals surface area contributed by atoms with Crippen molar-refractivity contribution in [3.8, 4) is 5.75 Å². The van der Waals surface area contributed by atoms with Crippen molar-refractivity contribution < 1.29 is 28.6 Å². The third-order valence-electron chi connectivity index (χ3n) is 4.17. The summed E-state index contributed by atoms with van der Waals surface area (Å²) < 4.78 is 28.7. The van der Waals surface area contributed by atoms with Gasteiger partial charge in [0.25, 0.3) is 5.56 Å². The maximum absolute atomic E-state index is 11.9. The van der Waals surface area contributed by atoms with Crippen molar-refractivity contribution in [3.05, 3.63) is 63.4 Å². The third-order valence-corrected chi connectivity index (χ3v) is 4.97. The van der Waals surface area contributed by atoms with Crippen LogP contribution in [-0.2, 0) is 13.8 Å². The van der Waals surface area contributed by atoms with E-state index in [1.165, 1.54) is 6.92 Å². The monoisotopic (exact) mass is 398 g/mol.